The molecule has 0 aromatic heterocycles. The molecule has 1 atom stereocenters. The van der Waals surface area contributed by atoms with Crippen molar-refractivity contribution in [2.24, 2.45) is 11.3 Å². The molecule has 0 aromatic rings. The van der Waals surface area contributed by atoms with Crippen molar-refractivity contribution >= 4 is 5.91 Å². The first kappa shape index (κ1) is 14.8. The predicted molar refractivity (Wildman–Crippen MR) is 73.0 cm³/mol. The largest absolute Gasteiger partial charge is 0.384 e. The number of amides is 1. The third kappa shape index (κ3) is 4.44. The molecule has 2 aliphatic rings. The van der Waals surface area contributed by atoms with Crippen molar-refractivity contribution in [3.05, 3.63) is 0 Å². The maximum Gasteiger partial charge on any atom is 0.220 e. The van der Waals surface area contributed by atoms with Crippen molar-refractivity contribution in [2.45, 2.75) is 25.7 Å². The van der Waals surface area contributed by atoms with Crippen LogP contribution in [-0.4, -0.2) is 52.5 Å². The number of carbonyl (C=O) groups is 1. The Morgan fingerprint density at radius 2 is 2.26 bits per heavy atom. The van der Waals surface area contributed by atoms with E-state index in [4.69, 9.17) is 9.47 Å². The monoisotopic (exact) mass is 270 g/mol. The van der Waals surface area contributed by atoms with Gasteiger partial charge in [0.25, 0.3) is 0 Å². The lowest BCUT2D eigenvalue weighted by atomic mass is 9.79. The highest BCUT2D eigenvalue weighted by atomic mass is 16.5. The van der Waals surface area contributed by atoms with Crippen LogP contribution in [0.15, 0.2) is 0 Å². The number of methoxy groups -OCH3 is 1. The minimum Gasteiger partial charge on any atom is -0.384 e. The number of hydrogen-bond acceptors (Lipinski definition) is 4. The van der Waals surface area contributed by atoms with E-state index in [1.165, 1.54) is 0 Å². The third-order valence-electron chi connectivity index (χ3n) is 4.27. The minimum atomic E-state index is 0.113. The maximum absolute atomic E-state index is 12.0. The van der Waals surface area contributed by atoms with Gasteiger partial charge in [0.1, 0.15) is 0 Å². The second kappa shape index (κ2) is 7.22. The van der Waals surface area contributed by atoms with E-state index in [0.717, 1.165) is 58.7 Å². The fraction of sp³-hybridized carbons (Fsp3) is 0.929. The summed E-state index contributed by atoms with van der Waals surface area (Å²) in [7, 11) is 1.74. The molecule has 1 amide bonds. The van der Waals surface area contributed by atoms with Gasteiger partial charge in [-0.2, -0.15) is 0 Å². The van der Waals surface area contributed by atoms with Gasteiger partial charge in [-0.05, 0) is 38.3 Å². The normalized spacial score (nSPS) is 26.3. The van der Waals surface area contributed by atoms with Crippen LogP contribution in [-0.2, 0) is 14.3 Å². The highest BCUT2D eigenvalue weighted by molar-refractivity contribution is 5.76. The van der Waals surface area contributed by atoms with Crippen molar-refractivity contribution < 1.29 is 14.3 Å². The summed E-state index contributed by atoms with van der Waals surface area (Å²) in [6, 6.07) is 0. The molecule has 5 heteroatoms. The Kier molecular flexibility index (Phi) is 5.60. The molecule has 0 saturated carbocycles. The SMILES string of the molecule is COCC1(CNC(=O)CC2CCOC2)CCNCC1. The van der Waals surface area contributed by atoms with E-state index in [1.54, 1.807) is 7.11 Å². The highest BCUT2D eigenvalue weighted by Crippen LogP contribution is 2.28. The molecule has 5 nitrogen and oxygen atoms in total. The van der Waals surface area contributed by atoms with Crippen molar-refractivity contribution in [3.8, 4) is 0 Å². The fourth-order valence-corrected chi connectivity index (χ4v) is 3.00. The first-order valence-corrected chi connectivity index (χ1v) is 7.28. The Morgan fingerprint density at radius 3 is 2.89 bits per heavy atom. The molecule has 0 bridgehead atoms. The lowest BCUT2D eigenvalue weighted by Crippen LogP contribution is -2.47. The fourth-order valence-electron chi connectivity index (χ4n) is 3.00. The average molecular weight is 270 g/mol. The van der Waals surface area contributed by atoms with Gasteiger partial charge < -0.3 is 20.1 Å². The number of rotatable bonds is 6. The smallest absolute Gasteiger partial charge is 0.220 e. The first-order chi connectivity index (χ1) is 9.24. The van der Waals surface area contributed by atoms with Crippen LogP contribution in [0.2, 0.25) is 0 Å². The van der Waals surface area contributed by atoms with E-state index in [2.05, 4.69) is 10.6 Å². The summed E-state index contributed by atoms with van der Waals surface area (Å²) in [6.07, 6.45) is 3.74. The van der Waals surface area contributed by atoms with E-state index in [1.807, 2.05) is 0 Å². The van der Waals surface area contributed by atoms with Gasteiger partial charge in [0.05, 0.1) is 6.61 Å². The molecular formula is C14H26N2O3. The summed E-state index contributed by atoms with van der Waals surface area (Å²) >= 11 is 0. The molecule has 19 heavy (non-hydrogen) atoms. The lowest BCUT2D eigenvalue weighted by molar-refractivity contribution is -0.122. The Hall–Kier alpha value is -0.650. The molecule has 2 aliphatic heterocycles. The molecule has 2 N–H and O–H groups in total. The van der Waals surface area contributed by atoms with Crippen LogP contribution in [0, 0.1) is 11.3 Å². The number of nitrogens with one attached hydrogen (secondary N) is 2. The van der Waals surface area contributed by atoms with Crippen LogP contribution in [0.3, 0.4) is 0 Å². The molecule has 0 aliphatic carbocycles. The third-order valence-corrected chi connectivity index (χ3v) is 4.27. The number of piperidine rings is 1. The van der Waals surface area contributed by atoms with Gasteiger partial charge in [0.2, 0.25) is 5.91 Å². The molecule has 2 saturated heterocycles. The van der Waals surface area contributed by atoms with E-state index >= 15 is 0 Å². The number of ether oxygens (including phenoxy) is 2. The molecule has 2 heterocycles. The molecule has 2 fully saturated rings. The van der Waals surface area contributed by atoms with E-state index in [0.29, 0.717) is 12.3 Å². The van der Waals surface area contributed by atoms with Crippen LogP contribution in [0.5, 0.6) is 0 Å². The summed E-state index contributed by atoms with van der Waals surface area (Å²) in [5, 5.41) is 6.46. The molecule has 0 spiro atoms. The van der Waals surface area contributed by atoms with Crippen LogP contribution in [0.4, 0.5) is 0 Å². The standard InChI is InChI=1S/C14H26N2O3/c1-18-11-14(3-5-15-6-4-14)10-16-13(17)8-12-2-7-19-9-12/h12,15H,2-11H2,1H3,(H,16,17). The highest BCUT2D eigenvalue weighted by Gasteiger charge is 2.32. The molecular weight excluding hydrogens is 244 g/mol. The molecule has 0 radical (unpaired) electrons. The van der Waals surface area contributed by atoms with Crippen molar-refractivity contribution in [2.75, 3.05) is 46.6 Å². The molecule has 1 unspecified atom stereocenters. The van der Waals surface area contributed by atoms with E-state index in [9.17, 15) is 4.79 Å². The average Bonchev–Trinajstić information content (AvgIpc) is 2.91. The van der Waals surface area contributed by atoms with Crippen LogP contribution in [0.25, 0.3) is 0 Å². The summed E-state index contributed by atoms with van der Waals surface area (Å²) in [5.41, 5.74) is 0.113. The number of carbonyl (C=O) groups excluding carboxylic acids is 1. The maximum atomic E-state index is 12.0. The van der Waals surface area contributed by atoms with Crippen molar-refractivity contribution in [1.82, 2.24) is 10.6 Å². The zero-order valence-electron chi connectivity index (χ0n) is 11.9. The molecule has 2 rings (SSSR count). The van der Waals surface area contributed by atoms with Gasteiger partial charge in [0, 0.05) is 38.7 Å². The van der Waals surface area contributed by atoms with Crippen molar-refractivity contribution in [3.63, 3.8) is 0 Å². The molecule has 110 valence electrons. The van der Waals surface area contributed by atoms with E-state index < -0.39 is 0 Å². The quantitative estimate of drug-likeness (QED) is 0.740. The molecule has 0 aromatic carbocycles. The number of hydrogen-bond donors (Lipinski definition) is 2. The minimum absolute atomic E-state index is 0.113. The van der Waals surface area contributed by atoms with Gasteiger partial charge in [-0.25, -0.2) is 0 Å². The van der Waals surface area contributed by atoms with Gasteiger partial charge in [0.15, 0.2) is 0 Å². The van der Waals surface area contributed by atoms with Crippen LogP contribution < -0.4 is 10.6 Å². The Labute approximate surface area is 115 Å². The van der Waals surface area contributed by atoms with Gasteiger partial charge in [-0.3, -0.25) is 4.79 Å². The van der Waals surface area contributed by atoms with E-state index in [-0.39, 0.29) is 11.3 Å². The predicted octanol–water partition coefficient (Wildman–Crippen LogP) is 0.545. The van der Waals surface area contributed by atoms with Gasteiger partial charge in [-0.1, -0.05) is 0 Å². The van der Waals surface area contributed by atoms with Gasteiger partial charge >= 0.3 is 0 Å². The van der Waals surface area contributed by atoms with Gasteiger partial charge in [-0.15, -0.1) is 0 Å². The van der Waals surface area contributed by atoms with Crippen LogP contribution in [0.1, 0.15) is 25.7 Å². The van der Waals surface area contributed by atoms with Crippen molar-refractivity contribution in [1.29, 1.82) is 0 Å². The zero-order valence-corrected chi connectivity index (χ0v) is 11.9. The summed E-state index contributed by atoms with van der Waals surface area (Å²) < 4.78 is 10.7. The summed E-state index contributed by atoms with van der Waals surface area (Å²) in [4.78, 5) is 12.0. The first-order valence-electron chi connectivity index (χ1n) is 7.28. The zero-order chi connectivity index (χ0) is 13.6. The summed E-state index contributed by atoms with van der Waals surface area (Å²) in [6.45, 7) is 5.01. The lowest BCUT2D eigenvalue weighted by Gasteiger charge is -2.37. The Balaban J connectivity index is 1.75. The van der Waals surface area contributed by atoms with Crippen LogP contribution >= 0.6 is 0 Å². The Morgan fingerprint density at radius 1 is 1.47 bits per heavy atom. The Bertz CT molecular complexity index is 279. The topological polar surface area (TPSA) is 59.6 Å². The summed E-state index contributed by atoms with van der Waals surface area (Å²) in [5.74, 6) is 0.566. The second-order valence-electron chi connectivity index (χ2n) is 5.89. The second-order valence-corrected chi connectivity index (χ2v) is 5.89.